The molecule has 8 heteroatoms. The van der Waals surface area contributed by atoms with Crippen molar-refractivity contribution in [2.75, 3.05) is 0 Å². The van der Waals surface area contributed by atoms with Gasteiger partial charge in [-0.05, 0) is 48.5 Å². The van der Waals surface area contributed by atoms with Crippen LogP contribution in [0.3, 0.4) is 0 Å². The molecule has 6 aromatic rings. The van der Waals surface area contributed by atoms with E-state index in [1.165, 1.54) is 0 Å². The van der Waals surface area contributed by atoms with Crippen molar-refractivity contribution < 1.29 is 9.15 Å². The van der Waals surface area contributed by atoms with Crippen LogP contribution in [-0.4, -0.2) is 41.6 Å². The highest BCUT2D eigenvalue weighted by molar-refractivity contribution is 6.20. The van der Waals surface area contributed by atoms with Gasteiger partial charge in [-0.2, -0.15) is 9.15 Å². The van der Waals surface area contributed by atoms with Gasteiger partial charge in [0.15, 0.2) is 0 Å². The highest BCUT2D eigenvalue weighted by Gasteiger charge is 2.66. The van der Waals surface area contributed by atoms with Crippen molar-refractivity contribution in [2.24, 2.45) is 20.0 Å². The summed E-state index contributed by atoms with van der Waals surface area (Å²) < 4.78 is 9.44. The third kappa shape index (κ3) is 1.90. The molecule has 0 saturated heterocycles. The minimum atomic E-state index is -0.793. The van der Waals surface area contributed by atoms with E-state index in [0.29, 0.717) is 6.54 Å². The van der Waals surface area contributed by atoms with Crippen LogP contribution in [0.2, 0.25) is 0 Å². The maximum absolute atomic E-state index is 5.51. The van der Waals surface area contributed by atoms with Crippen LogP contribution in [0.5, 0.6) is 0 Å². The standard InChI is InChI=1S/C34H18N8/c1-2-10-19-18(9-1)26-35-28-20-11-3-5-13-22(20)30-37-32-24-15-7-8-16-25(24)33-38-31-23-14-6-4-12-21(23)29-36-27(19)39(26)17-34(40(28)30,41(29)31)42(32)33/h1-16H,17H2/q+2. The number of hydrogen-bond donors (Lipinski definition) is 0. The fraction of sp³-hybridized carbons (Fsp3) is 0.0588. The molecule has 0 N–H and O–H groups in total. The lowest BCUT2D eigenvalue weighted by Gasteiger charge is -2.38. The summed E-state index contributed by atoms with van der Waals surface area (Å²) in [4.78, 5) is 21.9. The quantitative estimate of drug-likeness (QED) is 0.264. The number of fused-ring (bicyclic) bond motifs is 12. The zero-order chi connectivity index (χ0) is 26.9. The molecule has 0 unspecified atom stereocenters. The van der Waals surface area contributed by atoms with E-state index in [2.05, 4.69) is 115 Å². The van der Waals surface area contributed by atoms with Crippen molar-refractivity contribution in [3.63, 3.8) is 0 Å². The van der Waals surface area contributed by atoms with Crippen molar-refractivity contribution >= 4 is 56.5 Å². The molecule has 8 nitrogen and oxygen atoms in total. The molecule has 1 spiro atoms. The van der Waals surface area contributed by atoms with Crippen LogP contribution in [0.25, 0.3) is 21.5 Å². The summed E-state index contributed by atoms with van der Waals surface area (Å²) in [5, 5.41) is 4.40. The lowest BCUT2D eigenvalue weighted by atomic mass is 10.1. The second-order valence-corrected chi connectivity index (χ2v) is 11.6. The Morgan fingerprint density at radius 2 is 0.929 bits per heavy atom. The molecule has 0 aliphatic carbocycles. The molecule has 0 radical (unpaired) electrons. The van der Waals surface area contributed by atoms with E-state index < -0.39 is 5.79 Å². The van der Waals surface area contributed by atoms with Crippen LogP contribution in [0, 0.1) is 0 Å². The molecular formula is C34H18N8+2. The minimum absolute atomic E-state index is 0.591. The van der Waals surface area contributed by atoms with Gasteiger partial charge < -0.3 is 0 Å². The average molecular weight is 539 g/mol. The third-order valence-electron chi connectivity index (χ3n) is 9.71. The first-order chi connectivity index (χ1) is 20.8. The van der Waals surface area contributed by atoms with Gasteiger partial charge in [-0.3, -0.25) is 4.57 Å². The minimum Gasteiger partial charge on any atom is -0.273 e. The molecule has 2 aromatic heterocycles. The van der Waals surface area contributed by atoms with E-state index in [-0.39, 0.29) is 0 Å². The fourth-order valence-corrected chi connectivity index (χ4v) is 8.10. The van der Waals surface area contributed by atoms with E-state index in [4.69, 9.17) is 20.0 Å². The molecule has 0 atom stereocenters. The normalized spacial score (nSPS) is 18.6. The lowest BCUT2D eigenvalue weighted by molar-refractivity contribution is -0.779. The summed E-state index contributed by atoms with van der Waals surface area (Å²) in [6.45, 7) is 0.591. The predicted octanol–water partition coefficient (Wildman–Crippen LogP) is 3.90. The Balaban J connectivity index is 1.43. The summed E-state index contributed by atoms with van der Waals surface area (Å²) in [6, 6.07) is 34.1. The monoisotopic (exact) mass is 538 g/mol. The maximum atomic E-state index is 5.51. The van der Waals surface area contributed by atoms with Gasteiger partial charge in [0, 0.05) is 21.5 Å². The van der Waals surface area contributed by atoms with Gasteiger partial charge in [0.25, 0.3) is 23.3 Å². The summed E-state index contributed by atoms with van der Waals surface area (Å²) in [5.41, 5.74) is 6.23. The van der Waals surface area contributed by atoms with E-state index in [1.807, 2.05) is 0 Å². The second-order valence-electron chi connectivity index (χ2n) is 11.6. The molecule has 192 valence electrons. The summed E-state index contributed by atoms with van der Waals surface area (Å²) in [6.07, 6.45) is 0. The summed E-state index contributed by atoms with van der Waals surface area (Å²) >= 11 is 0. The summed E-state index contributed by atoms with van der Waals surface area (Å²) in [5.74, 6) is 4.70. The summed E-state index contributed by atoms with van der Waals surface area (Å²) in [7, 11) is 0. The molecule has 8 heterocycles. The number of rotatable bonds is 0. The zero-order valence-corrected chi connectivity index (χ0v) is 22.0. The Morgan fingerprint density at radius 1 is 0.500 bits per heavy atom. The molecular weight excluding hydrogens is 520 g/mol. The van der Waals surface area contributed by atoms with Gasteiger partial charge in [-0.25, -0.2) is 4.57 Å². The highest BCUT2D eigenvalue weighted by Crippen LogP contribution is 2.52. The van der Waals surface area contributed by atoms with Gasteiger partial charge in [0.2, 0.25) is 22.6 Å². The molecule has 6 aliphatic heterocycles. The van der Waals surface area contributed by atoms with Gasteiger partial charge in [-0.15, -0.1) is 0 Å². The van der Waals surface area contributed by atoms with Crippen molar-refractivity contribution in [1.82, 2.24) is 9.13 Å². The number of hydrogen-bond acceptors (Lipinski definition) is 4. The Hall–Kier alpha value is -5.76. The average Bonchev–Trinajstić information content (AvgIpc) is 3.66. The zero-order valence-electron chi connectivity index (χ0n) is 22.0. The van der Waals surface area contributed by atoms with Crippen LogP contribution in [0.15, 0.2) is 117 Å². The number of aromatic nitrogens is 2. The third-order valence-corrected chi connectivity index (χ3v) is 9.71. The predicted molar refractivity (Wildman–Crippen MR) is 158 cm³/mol. The van der Waals surface area contributed by atoms with Gasteiger partial charge in [0.05, 0.1) is 22.3 Å². The molecule has 4 aromatic carbocycles. The van der Waals surface area contributed by atoms with Crippen LogP contribution in [-0.2, 0) is 12.3 Å². The van der Waals surface area contributed by atoms with E-state index in [9.17, 15) is 0 Å². The lowest BCUT2D eigenvalue weighted by Crippen LogP contribution is -2.62. The highest BCUT2D eigenvalue weighted by atomic mass is 15.6. The van der Waals surface area contributed by atoms with Crippen molar-refractivity contribution in [1.29, 1.82) is 0 Å². The molecule has 6 aliphatic rings. The van der Waals surface area contributed by atoms with E-state index in [0.717, 1.165) is 89.8 Å². The Bertz CT molecular complexity index is 2480. The first kappa shape index (κ1) is 20.2. The first-order valence-corrected chi connectivity index (χ1v) is 14.2. The fourth-order valence-electron chi connectivity index (χ4n) is 8.10. The number of aliphatic imine (C=N–C) groups is 2. The molecule has 0 fully saturated rings. The van der Waals surface area contributed by atoms with Gasteiger partial charge in [0.1, 0.15) is 6.54 Å². The van der Waals surface area contributed by atoms with Gasteiger partial charge in [-0.1, -0.05) is 68.5 Å². The van der Waals surface area contributed by atoms with Crippen LogP contribution >= 0.6 is 0 Å². The number of nitrogens with zero attached hydrogens (tertiary/aromatic N) is 8. The Kier molecular flexibility index (Phi) is 3.01. The number of amidine groups is 4. The first-order valence-electron chi connectivity index (χ1n) is 14.2. The largest absolute Gasteiger partial charge is 0.325 e. The van der Waals surface area contributed by atoms with Crippen LogP contribution < -0.4 is 11.0 Å². The maximum Gasteiger partial charge on any atom is 0.325 e. The molecule has 12 rings (SSSR count). The van der Waals surface area contributed by atoms with Gasteiger partial charge >= 0.3 is 5.79 Å². The topological polar surface area (TPSA) is 65.3 Å². The van der Waals surface area contributed by atoms with Crippen molar-refractivity contribution in [3.8, 4) is 0 Å². The van der Waals surface area contributed by atoms with E-state index in [1.54, 1.807) is 0 Å². The molecule has 0 saturated carbocycles. The number of benzene rings is 4. The second kappa shape index (κ2) is 6.26. The van der Waals surface area contributed by atoms with Crippen LogP contribution in [0.4, 0.5) is 11.6 Å². The van der Waals surface area contributed by atoms with Crippen LogP contribution in [0.1, 0.15) is 22.3 Å². The Labute approximate surface area is 237 Å². The van der Waals surface area contributed by atoms with Crippen molar-refractivity contribution in [2.45, 2.75) is 12.3 Å². The Morgan fingerprint density at radius 3 is 1.43 bits per heavy atom. The van der Waals surface area contributed by atoms with Crippen molar-refractivity contribution in [3.05, 3.63) is 130 Å². The molecule has 0 amide bonds. The van der Waals surface area contributed by atoms with E-state index >= 15 is 0 Å². The molecule has 2 bridgehead atoms. The smallest absolute Gasteiger partial charge is 0.273 e. The SMILES string of the molecule is c1ccc2c(c1)C1=Nc3c4ccccc4c4n3C35Cn6c(c7ccccc7c6=NC6=[N+]3C(=N4)c3ccccc36)=NC2=[N+]15. The molecule has 42 heavy (non-hydrogen) atoms.